The molecule has 110 valence electrons. The molecule has 1 N–H and O–H groups in total. The smallest absolute Gasteiger partial charge is 0.0408 e. The fourth-order valence-corrected chi connectivity index (χ4v) is 4.58. The maximum Gasteiger partial charge on any atom is 0.0408 e. The van der Waals surface area contributed by atoms with Gasteiger partial charge in [0, 0.05) is 22.2 Å². The number of nitrogens with one attached hydrogen (secondary N) is 1. The summed E-state index contributed by atoms with van der Waals surface area (Å²) in [6.45, 7) is 0.990. The van der Waals surface area contributed by atoms with Crippen molar-refractivity contribution in [2.24, 2.45) is 0 Å². The molecule has 0 spiro atoms. The summed E-state index contributed by atoms with van der Waals surface area (Å²) in [7, 11) is 2.02. The van der Waals surface area contributed by atoms with Gasteiger partial charge in [-0.05, 0) is 54.6 Å². The molecule has 0 aliphatic carbocycles. The zero-order chi connectivity index (χ0) is 14.7. The lowest BCUT2D eigenvalue weighted by Crippen LogP contribution is -2.19. The average molecular weight is 318 g/mol. The van der Waals surface area contributed by atoms with Crippen molar-refractivity contribution in [3.05, 3.63) is 64.7 Å². The van der Waals surface area contributed by atoms with Gasteiger partial charge in [-0.2, -0.15) is 0 Å². The molecule has 21 heavy (non-hydrogen) atoms. The molecular formula is C18H20ClNS. The van der Waals surface area contributed by atoms with E-state index >= 15 is 0 Å². The van der Waals surface area contributed by atoms with Crippen LogP contribution in [-0.4, -0.2) is 19.3 Å². The lowest BCUT2D eigenvalue weighted by molar-refractivity contribution is 0.538. The molecule has 0 amide bonds. The number of likely N-dealkylation sites (N-methyl/N-ethyl adjacent to an activating group) is 1. The van der Waals surface area contributed by atoms with E-state index in [0.29, 0.717) is 11.8 Å². The number of hydrogen-bond acceptors (Lipinski definition) is 2. The number of benzene rings is 2. The molecule has 1 aliphatic heterocycles. The van der Waals surface area contributed by atoms with Crippen LogP contribution < -0.4 is 5.32 Å². The van der Waals surface area contributed by atoms with E-state index in [4.69, 9.17) is 11.6 Å². The fraction of sp³-hybridized carbons (Fsp3) is 0.333. The van der Waals surface area contributed by atoms with Gasteiger partial charge in [0.05, 0.1) is 0 Å². The van der Waals surface area contributed by atoms with Crippen LogP contribution in [0.25, 0.3) is 0 Å². The van der Waals surface area contributed by atoms with Gasteiger partial charge in [-0.1, -0.05) is 41.9 Å². The third-order valence-corrected chi connectivity index (χ3v) is 5.63. The Balaban J connectivity index is 1.80. The van der Waals surface area contributed by atoms with Crippen LogP contribution >= 0.6 is 23.4 Å². The molecule has 2 aromatic carbocycles. The summed E-state index contributed by atoms with van der Waals surface area (Å²) in [5.41, 5.74) is 2.86. The van der Waals surface area contributed by atoms with Gasteiger partial charge in [0.15, 0.2) is 0 Å². The van der Waals surface area contributed by atoms with Crippen LogP contribution in [0.2, 0.25) is 5.02 Å². The van der Waals surface area contributed by atoms with Crippen molar-refractivity contribution >= 4 is 23.4 Å². The Hall–Kier alpha value is -0.960. The molecule has 2 atom stereocenters. The second-order valence-corrected chi connectivity index (χ2v) is 7.09. The largest absolute Gasteiger partial charge is 0.319 e. The van der Waals surface area contributed by atoms with Gasteiger partial charge >= 0.3 is 0 Å². The first-order chi connectivity index (χ1) is 10.3. The first-order valence-corrected chi connectivity index (χ1v) is 8.76. The Labute approximate surface area is 136 Å². The number of rotatable bonds is 5. The summed E-state index contributed by atoms with van der Waals surface area (Å²) in [6.07, 6.45) is 1.17. The second kappa shape index (κ2) is 6.87. The Morgan fingerprint density at radius 2 is 2.10 bits per heavy atom. The molecule has 3 rings (SSSR count). The zero-order valence-electron chi connectivity index (χ0n) is 12.2. The van der Waals surface area contributed by atoms with Gasteiger partial charge in [-0.3, -0.25) is 0 Å². The van der Waals surface area contributed by atoms with Crippen LogP contribution in [0.15, 0.2) is 53.4 Å². The minimum atomic E-state index is 0.505. The van der Waals surface area contributed by atoms with E-state index in [2.05, 4.69) is 47.8 Å². The highest BCUT2D eigenvalue weighted by Crippen LogP contribution is 2.43. The van der Waals surface area contributed by atoms with Crippen LogP contribution in [0, 0.1) is 0 Å². The van der Waals surface area contributed by atoms with Gasteiger partial charge in [0.1, 0.15) is 0 Å². The summed E-state index contributed by atoms with van der Waals surface area (Å²) in [4.78, 5) is 1.46. The SMILES string of the molecule is CNCC(CC1CSc2ccccc21)c1cccc(Cl)c1. The Morgan fingerprint density at radius 3 is 2.90 bits per heavy atom. The summed E-state index contributed by atoms with van der Waals surface area (Å²) < 4.78 is 0. The monoisotopic (exact) mass is 317 g/mol. The highest BCUT2D eigenvalue weighted by molar-refractivity contribution is 7.99. The molecular weight excluding hydrogens is 298 g/mol. The van der Waals surface area contributed by atoms with Crippen molar-refractivity contribution in [2.45, 2.75) is 23.2 Å². The number of hydrogen-bond donors (Lipinski definition) is 1. The van der Waals surface area contributed by atoms with E-state index in [-0.39, 0.29) is 0 Å². The van der Waals surface area contributed by atoms with E-state index in [1.807, 2.05) is 24.9 Å². The van der Waals surface area contributed by atoms with Crippen molar-refractivity contribution in [3.63, 3.8) is 0 Å². The summed E-state index contributed by atoms with van der Waals surface area (Å²) >= 11 is 8.15. The van der Waals surface area contributed by atoms with E-state index < -0.39 is 0 Å². The molecule has 2 aromatic rings. The van der Waals surface area contributed by atoms with Crippen molar-refractivity contribution in [1.29, 1.82) is 0 Å². The van der Waals surface area contributed by atoms with Crippen LogP contribution in [0.3, 0.4) is 0 Å². The average Bonchev–Trinajstić information content (AvgIpc) is 2.90. The topological polar surface area (TPSA) is 12.0 Å². The Morgan fingerprint density at radius 1 is 1.24 bits per heavy atom. The standard InChI is InChI=1S/C18H20ClNS/c1-20-11-14(13-5-4-6-16(19)10-13)9-15-12-21-18-8-3-2-7-17(15)18/h2-8,10,14-15,20H,9,11-12H2,1H3. The third kappa shape index (κ3) is 3.45. The van der Waals surface area contributed by atoms with Gasteiger partial charge in [-0.25, -0.2) is 0 Å². The molecule has 1 heterocycles. The Bertz CT molecular complexity index is 614. The van der Waals surface area contributed by atoms with Crippen LogP contribution in [-0.2, 0) is 0 Å². The van der Waals surface area contributed by atoms with Crippen molar-refractivity contribution in [1.82, 2.24) is 5.32 Å². The first-order valence-electron chi connectivity index (χ1n) is 7.39. The lowest BCUT2D eigenvalue weighted by atomic mass is 9.86. The molecule has 0 radical (unpaired) electrons. The third-order valence-electron chi connectivity index (χ3n) is 4.14. The van der Waals surface area contributed by atoms with Gasteiger partial charge in [0.2, 0.25) is 0 Å². The predicted octanol–water partition coefficient (Wildman–Crippen LogP) is 4.92. The number of halogens is 1. The molecule has 1 aliphatic rings. The maximum atomic E-state index is 6.16. The molecule has 2 unspecified atom stereocenters. The minimum Gasteiger partial charge on any atom is -0.319 e. The normalized spacial score (nSPS) is 18.5. The second-order valence-electron chi connectivity index (χ2n) is 5.59. The molecule has 0 bridgehead atoms. The van der Waals surface area contributed by atoms with Crippen LogP contribution in [0.5, 0.6) is 0 Å². The molecule has 3 heteroatoms. The fourth-order valence-electron chi connectivity index (χ4n) is 3.11. The number of thioether (sulfide) groups is 1. The molecule has 0 saturated heterocycles. The van der Waals surface area contributed by atoms with Gasteiger partial charge in [-0.15, -0.1) is 11.8 Å². The van der Waals surface area contributed by atoms with E-state index in [1.165, 1.54) is 28.2 Å². The molecule has 0 aromatic heterocycles. The molecule has 0 saturated carbocycles. The molecule has 1 nitrogen and oxygen atoms in total. The quantitative estimate of drug-likeness (QED) is 0.839. The summed E-state index contributed by atoms with van der Waals surface area (Å²) in [6, 6.07) is 17.1. The van der Waals surface area contributed by atoms with Crippen molar-refractivity contribution in [2.75, 3.05) is 19.3 Å². The Kier molecular flexibility index (Phi) is 4.89. The summed E-state index contributed by atoms with van der Waals surface area (Å²) in [5.74, 6) is 2.34. The highest BCUT2D eigenvalue weighted by atomic mass is 35.5. The van der Waals surface area contributed by atoms with E-state index in [9.17, 15) is 0 Å². The van der Waals surface area contributed by atoms with Gasteiger partial charge < -0.3 is 5.32 Å². The van der Waals surface area contributed by atoms with Crippen LogP contribution in [0.1, 0.15) is 29.4 Å². The van der Waals surface area contributed by atoms with Crippen molar-refractivity contribution in [3.8, 4) is 0 Å². The van der Waals surface area contributed by atoms with Crippen molar-refractivity contribution < 1.29 is 0 Å². The number of fused-ring (bicyclic) bond motifs is 1. The maximum absolute atomic E-state index is 6.16. The first kappa shape index (κ1) is 15.0. The minimum absolute atomic E-state index is 0.505. The highest BCUT2D eigenvalue weighted by Gasteiger charge is 2.26. The van der Waals surface area contributed by atoms with Crippen LogP contribution in [0.4, 0.5) is 0 Å². The molecule has 0 fully saturated rings. The predicted molar refractivity (Wildman–Crippen MR) is 92.6 cm³/mol. The van der Waals surface area contributed by atoms with E-state index in [1.54, 1.807) is 0 Å². The summed E-state index contributed by atoms with van der Waals surface area (Å²) in [5, 5.41) is 4.16. The zero-order valence-corrected chi connectivity index (χ0v) is 13.8. The van der Waals surface area contributed by atoms with Gasteiger partial charge in [0.25, 0.3) is 0 Å². The lowest BCUT2D eigenvalue weighted by Gasteiger charge is -2.21. The van der Waals surface area contributed by atoms with E-state index in [0.717, 1.165) is 11.6 Å².